The molecule has 1 atom stereocenters. The summed E-state index contributed by atoms with van der Waals surface area (Å²) in [6.45, 7) is 0. The Hall–Kier alpha value is -2.00. The van der Waals surface area contributed by atoms with Gasteiger partial charge in [0.05, 0.1) is 19.8 Å². The lowest BCUT2D eigenvalue weighted by molar-refractivity contribution is 0.208. The van der Waals surface area contributed by atoms with Crippen molar-refractivity contribution in [1.29, 1.82) is 0 Å². The Morgan fingerprint density at radius 2 is 1.62 bits per heavy atom. The van der Waals surface area contributed by atoms with Crippen molar-refractivity contribution in [3.8, 4) is 11.5 Å². The van der Waals surface area contributed by atoms with E-state index in [4.69, 9.17) is 9.47 Å². The standard InChI is InChI=1S/C18H20O3/c1-20-15-7-4-8-16(21-2)17(15)18(19)14-6-3-5-13(11-14)12-9-10-12/h3-8,11-12,18-19H,9-10H2,1-2H3. The van der Waals surface area contributed by atoms with Crippen molar-refractivity contribution >= 4 is 0 Å². The highest BCUT2D eigenvalue weighted by atomic mass is 16.5. The highest BCUT2D eigenvalue weighted by molar-refractivity contribution is 5.50. The van der Waals surface area contributed by atoms with Gasteiger partial charge >= 0.3 is 0 Å². The van der Waals surface area contributed by atoms with Crippen molar-refractivity contribution in [3.63, 3.8) is 0 Å². The van der Waals surface area contributed by atoms with E-state index in [1.54, 1.807) is 14.2 Å². The van der Waals surface area contributed by atoms with Crippen LogP contribution in [0, 0.1) is 0 Å². The van der Waals surface area contributed by atoms with Crippen LogP contribution in [-0.2, 0) is 0 Å². The minimum Gasteiger partial charge on any atom is -0.496 e. The Bertz CT molecular complexity index is 610. The first kappa shape index (κ1) is 14.0. The van der Waals surface area contributed by atoms with Crippen molar-refractivity contribution in [2.75, 3.05) is 14.2 Å². The molecule has 2 aromatic carbocycles. The maximum absolute atomic E-state index is 10.8. The Morgan fingerprint density at radius 1 is 1.00 bits per heavy atom. The quantitative estimate of drug-likeness (QED) is 0.910. The second kappa shape index (κ2) is 5.78. The van der Waals surface area contributed by atoms with Gasteiger partial charge in [0.25, 0.3) is 0 Å². The van der Waals surface area contributed by atoms with Crippen molar-refractivity contribution in [2.24, 2.45) is 0 Å². The van der Waals surface area contributed by atoms with Crippen LogP contribution in [0.25, 0.3) is 0 Å². The highest BCUT2D eigenvalue weighted by Gasteiger charge is 2.25. The molecule has 0 aromatic heterocycles. The molecule has 3 nitrogen and oxygen atoms in total. The summed E-state index contributed by atoms with van der Waals surface area (Å²) in [7, 11) is 3.21. The number of ether oxygens (including phenoxy) is 2. The Balaban J connectivity index is 2.01. The van der Waals surface area contributed by atoms with Crippen LogP contribution in [-0.4, -0.2) is 19.3 Å². The summed E-state index contributed by atoms with van der Waals surface area (Å²) in [5.74, 6) is 1.94. The van der Waals surface area contributed by atoms with Crippen LogP contribution in [0.2, 0.25) is 0 Å². The van der Waals surface area contributed by atoms with Gasteiger partial charge in [-0.25, -0.2) is 0 Å². The second-order valence-corrected chi connectivity index (χ2v) is 5.42. The van der Waals surface area contributed by atoms with Crippen LogP contribution in [0.1, 0.15) is 41.6 Å². The van der Waals surface area contributed by atoms with Crippen molar-refractivity contribution in [2.45, 2.75) is 24.9 Å². The molecule has 1 aliphatic rings. The number of benzene rings is 2. The monoisotopic (exact) mass is 284 g/mol. The number of methoxy groups -OCH3 is 2. The molecule has 0 saturated heterocycles. The largest absolute Gasteiger partial charge is 0.496 e. The third kappa shape index (κ3) is 2.74. The van der Waals surface area contributed by atoms with Gasteiger partial charge in [-0.3, -0.25) is 0 Å². The molecular weight excluding hydrogens is 264 g/mol. The minimum absolute atomic E-state index is 0.638. The predicted molar refractivity (Wildman–Crippen MR) is 82.0 cm³/mol. The number of hydrogen-bond acceptors (Lipinski definition) is 3. The zero-order chi connectivity index (χ0) is 14.8. The number of rotatable bonds is 5. The fraction of sp³-hybridized carbons (Fsp3) is 0.333. The molecular formula is C18H20O3. The number of aliphatic hydroxyl groups is 1. The van der Waals surface area contributed by atoms with Gasteiger partial charge < -0.3 is 14.6 Å². The fourth-order valence-electron chi connectivity index (χ4n) is 2.72. The number of hydrogen-bond donors (Lipinski definition) is 1. The molecule has 1 unspecified atom stereocenters. The topological polar surface area (TPSA) is 38.7 Å². The summed E-state index contributed by atoms with van der Waals surface area (Å²) in [5.41, 5.74) is 2.86. The molecule has 0 amide bonds. The van der Waals surface area contributed by atoms with Crippen LogP contribution in [0.3, 0.4) is 0 Å². The summed E-state index contributed by atoms with van der Waals surface area (Å²) in [6.07, 6.45) is 1.74. The van der Waals surface area contributed by atoms with Crippen LogP contribution < -0.4 is 9.47 Å². The smallest absolute Gasteiger partial charge is 0.128 e. The third-order valence-electron chi connectivity index (χ3n) is 4.01. The minimum atomic E-state index is -0.755. The van der Waals surface area contributed by atoms with E-state index in [1.165, 1.54) is 18.4 Å². The van der Waals surface area contributed by atoms with E-state index in [-0.39, 0.29) is 0 Å². The Morgan fingerprint density at radius 3 is 2.19 bits per heavy atom. The molecule has 0 heterocycles. The molecule has 2 aromatic rings. The van der Waals surface area contributed by atoms with E-state index >= 15 is 0 Å². The normalized spacial score (nSPS) is 15.6. The summed E-state index contributed by atoms with van der Waals surface area (Å²) < 4.78 is 10.8. The first-order valence-corrected chi connectivity index (χ1v) is 7.23. The summed E-state index contributed by atoms with van der Waals surface area (Å²) in [5, 5.41) is 10.8. The molecule has 1 N–H and O–H groups in total. The van der Waals surface area contributed by atoms with Crippen molar-refractivity contribution < 1.29 is 14.6 Å². The van der Waals surface area contributed by atoms with Crippen LogP contribution in [0.5, 0.6) is 11.5 Å². The predicted octanol–water partition coefficient (Wildman–Crippen LogP) is 3.66. The molecule has 0 aliphatic heterocycles. The van der Waals surface area contributed by atoms with Gasteiger partial charge in [-0.1, -0.05) is 30.3 Å². The average Bonchev–Trinajstić information content (AvgIpc) is 3.38. The van der Waals surface area contributed by atoms with Gasteiger partial charge in [0.1, 0.15) is 17.6 Å². The van der Waals surface area contributed by atoms with E-state index < -0.39 is 6.10 Å². The summed E-state index contributed by atoms with van der Waals surface area (Å²) in [6, 6.07) is 13.7. The van der Waals surface area contributed by atoms with Crippen LogP contribution in [0.15, 0.2) is 42.5 Å². The van der Waals surface area contributed by atoms with Gasteiger partial charge in [-0.05, 0) is 42.0 Å². The van der Waals surface area contributed by atoms with Gasteiger partial charge in [-0.15, -0.1) is 0 Å². The van der Waals surface area contributed by atoms with Crippen molar-refractivity contribution in [1.82, 2.24) is 0 Å². The summed E-state index contributed by atoms with van der Waals surface area (Å²) in [4.78, 5) is 0. The zero-order valence-corrected chi connectivity index (χ0v) is 12.4. The van der Waals surface area contributed by atoms with Gasteiger partial charge in [0, 0.05) is 0 Å². The lowest BCUT2D eigenvalue weighted by Gasteiger charge is -2.19. The molecule has 0 radical (unpaired) electrons. The summed E-state index contributed by atoms with van der Waals surface area (Å²) >= 11 is 0. The molecule has 0 bridgehead atoms. The molecule has 3 heteroatoms. The van der Waals surface area contributed by atoms with Crippen LogP contribution >= 0.6 is 0 Å². The first-order chi connectivity index (χ1) is 10.2. The SMILES string of the molecule is COc1cccc(OC)c1C(O)c1cccc(C2CC2)c1. The lowest BCUT2D eigenvalue weighted by Crippen LogP contribution is -2.05. The average molecular weight is 284 g/mol. The second-order valence-electron chi connectivity index (χ2n) is 5.42. The lowest BCUT2D eigenvalue weighted by atomic mass is 9.97. The van der Waals surface area contributed by atoms with Gasteiger partial charge in [0.15, 0.2) is 0 Å². The maximum Gasteiger partial charge on any atom is 0.128 e. The van der Waals surface area contributed by atoms with E-state index in [0.29, 0.717) is 23.0 Å². The fourth-order valence-corrected chi connectivity index (χ4v) is 2.72. The van der Waals surface area contributed by atoms with E-state index in [0.717, 1.165) is 5.56 Å². The molecule has 3 rings (SSSR count). The maximum atomic E-state index is 10.8. The molecule has 21 heavy (non-hydrogen) atoms. The molecule has 110 valence electrons. The van der Waals surface area contributed by atoms with Crippen LogP contribution in [0.4, 0.5) is 0 Å². The highest BCUT2D eigenvalue weighted by Crippen LogP contribution is 2.42. The van der Waals surface area contributed by atoms with Gasteiger partial charge in [0.2, 0.25) is 0 Å². The Kier molecular flexibility index (Phi) is 3.84. The van der Waals surface area contributed by atoms with Gasteiger partial charge in [-0.2, -0.15) is 0 Å². The molecule has 1 aliphatic carbocycles. The molecule has 1 fully saturated rings. The molecule has 1 saturated carbocycles. The zero-order valence-electron chi connectivity index (χ0n) is 12.4. The first-order valence-electron chi connectivity index (χ1n) is 7.23. The van der Waals surface area contributed by atoms with E-state index in [1.807, 2.05) is 30.3 Å². The third-order valence-corrected chi connectivity index (χ3v) is 4.01. The molecule has 0 spiro atoms. The Labute approximate surface area is 125 Å². The van der Waals surface area contributed by atoms with E-state index in [2.05, 4.69) is 12.1 Å². The number of aliphatic hydroxyl groups excluding tert-OH is 1. The van der Waals surface area contributed by atoms with Crippen molar-refractivity contribution in [3.05, 3.63) is 59.2 Å². The van der Waals surface area contributed by atoms with E-state index in [9.17, 15) is 5.11 Å².